The summed E-state index contributed by atoms with van der Waals surface area (Å²) in [5, 5.41) is 8.49. The lowest BCUT2D eigenvalue weighted by atomic mass is 9.98. The van der Waals surface area contributed by atoms with Crippen LogP contribution >= 0.6 is 0 Å². The number of allylic oxidation sites excluding steroid dienone is 2. The molecule has 0 saturated carbocycles. The van der Waals surface area contributed by atoms with Crippen molar-refractivity contribution in [2.24, 2.45) is 5.92 Å². The van der Waals surface area contributed by atoms with Gasteiger partial charge < -0.3 is 9.84 Å². The molecule has 6 heteroatoms. The number of aliphatic carboxylic acids is 1. The standard InChI is InChI=1S/C15H23NO5/c1-11(2)12-9-10-21-15(20)16(12)13(17)7-5-3-4-6-8-14(18)19/h3-4,11-12H,5-10H2,1-2H3,(H,18,19)/b4-3-/t12-/m0/s1. The second kappa shape index (κ2) is 8.44. The summed E-state index contributed by atoms with van der Waals surface area (Å²) in [5.41, 5.74) is 0. The zero-order chi connectivity index (χ0) is 15.8. The zero-order valence-corrected chi connectivity index (χ0v) is 12.6. The highest BCUT2D eigenvalue weighted by Gasteiger charge is 2.35. The average molecular weight is 297 g/mol. The minimum atomic E-state index is -0.841. The minimum absolute atomic E-state index is 0.0817. The Labute approximate surface area is 124 Å². The number of carboxylic acid groups (broad SMARTS) is 1. The number of ether oxygens (including phenoxy) is 1. The first kappa shape index (κ1) is 17.2. The van der Waals surface area contributed by atoms with E-state index in [1.807, 2.05) is 13.8 Å². The van der Waals surface area contributed by atoms with Gasteiger partial charge >= 0.3 is 12.1 Å². The van der Waals surface area contributed by atoms with Crippen LogP contribution in [0, 0.1) is 5.92 Å². The maximum atomic E-state index is 12.2. The highest BCUT2D eigenvalue weighted by Crippen LogP contribution is 2.21. The Morgan fingerprint density at radius 1 is 1.33 bits per heavy atom. The molecule has 0 unspecified atom stereocenters. The van der Waals surface area contributed by atoms with E-state index < -0.39 is 12.1 Å². The quantitative estimate of drug-likeness (QED) is 0.730. The van der Waals surface area contributed by atoms with Gasteiger partial charge in [-0.3, -0.25) is 9.59 Å². The number of imide groups is 1. The molecule has 21 heavy (non-hydrogen) atoms. The molecule has 0 bridgehead atoms. The number of carboxylic acids is 1. The Balaban J connectivity index is 2.45. The molecule has 0 aromatic rings. The lowest BCUT2D eigenvalue weighted by molar-refractivity contribution is -0.137. The summed E-state index contributed by atoms with van der Waals surface area (Å²) in [6, 6.07) is -0.102. The van der Waals surface area contributed by atoms with Crippen molar-refractivity contribution >= 4 is 18.0 Å². The topological polar surface area (TPSA) is 83.9 Å². The van der Waals surface area contributed by atoms with E-state index in [0.717, 1.165) is 0 Å². The number of hydrogen-bond donors (Lipinski definition) is 1. The lowest BCUT2D eigenvalue weighted by Crippen LogP contribution is -2.51. The van der Waals surface area contributed by atoms with Crippen LogP contribution in [0.5, 0.6) is 0 Å². The van der Waals surface area contributed by atoms with E-state index >= 15 is 0 Å². The van der Waals surface area contributed by atoms with Crippen molar-refractivity contribution < 1.29 is 24.2 Å². The van der Waals surface area contributed by atoms with Gasteiger partial charge in [-0.1, -0.05) is 26.0 Å². The summed E-state index contributed by atoms with van der Waals surface area (Å²) < 4.78 is 4.95. The van der Waals surface area contributed by atoms with E-state index in [9.17, 15) is 14.4 Å². The number of rotatable bonds is 7. The molecule has 0 spiro atoms. The number of hydrogen-bond acceptors (Lipinski definition) is 4. The molecule has 1 fully saturated rings. The molecule has 1 saturated heterocycles. The molecule has 0 aliphatic carbocycles. The summed E-state index contributed by atoms with van der Waals surface area (Å²) in [4.78, 5) is 35.5. The van der Waals surface area contributed by atoms with E-state index in [-0.39, 0.29) is 30.7 Å². The number of cyclic esters (lactones) is 1. The predicted molar refractivity (Wildman–Crippen MR) is 76.7 cm³/mol. The Hall–Kier alpha value is -1.85. The van der Waals surface area contributed by atoms with Gasteiger partial charge in [-0.25, -0.2) is 9.69 Å². The fraction of sp³-hybridized carbons (Fsp3) is 0.667. The van der Waals surface area contributed by atoms with Crippen LogP contribution < -0.4 is 0 Å². The van der Waals surface area contributed by atoms with Crippen LogP contribution in [0.2, 0.25) is 0 Å². The summed E-state index contributed by atoms with van der Waals surface area (Å²) in [6.07, 6.45) is 4.89. The smallest absolute Gasteiger partial charge is 0.416 e. The number of nitrogens with zero attached hydrogens (tertiary/aromatic N) is 1. The molecule has 0 radical (unpaired) electrons. The summed E-state index contributed by atoms with van der Waals surface area (Å²) in [7, 11) is 0. The van der Waals surface area contributed by atoms with Crippen LogP contribution in [0.4, 0.5) is 4.79 Å². The van der Waals surface area contributed by atoms with Crippen molar-refractivity contribution in [2.45, 2.75) is 52.0 Å². The van der Waals surface area contributed by atoms with Crippen molar-refractivity contribution in [3.8, 4) is 0 Å². The Morgan fingerprint density at radius 3 is 2.52 bits per heavy atom. The largest absolute Gasteiger partial charge is 0.481 e. The van der Waals surface area contributed by atoms with Gasteiger partial charge in [0.2, 0.25) is 5.91 Å². The zero-order valence-electron chi connectivity index (χ0n) is 12.6. The highest BCUT2D eigenvalue weighted by atomic mass is 16.6. The molecule has 2 amide bonds. The van der Waals surface area contributed by atoms with Crippen LogP contribution in [-0.2, 0) is 14.3 Å². The second-order valence-electron chi connectivity index (χ2n) is 5.42. The average Bonchev–Trinajstić information content (AvgIpc) is 2.41. The summed E-state index contributed by atoms with van der Waals surface area (Å²) in [5.74, 6) is -0.874. The van der Waals surface area contributed by atoms with Crippen molar-refractivity contribution in [3.05, 3.63) is 12.2 Å². The van der Waals surface area contributed by atoms with Gasteiger partial charge in [-0.05, 0) is 18.8 Å². The molecule has 1 atom stereocenters. The molecule has 1 rings (SSSR count). The molecule has 1 aliphatic rings. The number of carbonyl (C=O) groups is 3. The third-order valence-electron chi connectivity index (χ3n) is 3.42. The van der Waals surface area contributed by atoms with Crippen LogP contribution in [0.25, 0.3) is 0 Å². The monoisotopic (exact) mass is 297 g/mol. The van der Waals surface area contributed by atoms with Gasteiger partial charge in [0.15, 0.2) is 0 Å². The highest BCUT2D eigenvalue weighted by molar-refractivity contribution is 5.92. The van der Waals surface area contributed by atoms with Gasteiger partial charge in [0.25, 0.3) is 0 Å². The Morgan fingerprint density at radius 2 is 1.95 bits per heavy atom. The van der Waals surface area contributed by atoms with Crippen LogP contribution in [0.15, 0.2) is 12.2 Å². The first-order valence-electron chi connectivity index (χ1n) is 7.29. The number of carbonyl (C=O) groups excluding carboxylic acids is 2. The first-order valence-corrected chi connectivity index (χ1v) is 7.29. The van der Waals surface area contributed by atoms with Crippen molar-refractivity contribution in [2.75, 3.05) is 6.61 Å². The Bertz CT molecular complexity index is 416. The van der Waals surface area contributed by atoms with Crippen molar-refractivity contribution in [1.29, 1.82) is 0 Å². The summed E-state index contributed by atoms with van der Waals surface area (Å²) >= 11 is 0. The van der Waals surface area contributed by atoms with Crippen LogP contribution in [-0.4, -0.2) is 40.6 Å². The maximum Gasteiger partial charge on any atom is 0.416 e. The first-order chi connectivity index (χ1) is 9.93. The molecular formula is C15H23NO5. The van der Waals surface area contributed by atoms with E-state index in [0.29, 0.717) is 25.9 Å². The van der Waals surface area contributed by atoms with Gasteiger partial charge in [0.1, 0.15) is 0 Å². The second-order valence-corrected chi connectivity index (χ2v) is 5.42. The molecule has 0 aromatic carbocycles. The van der Waals surface area contributed by atoms with E-state index in [1.54, 1.807) is 12.2 Å². The van der Waals surface area contributed by atoms with E-state index in [4.69, 9.17) is 9.84 Å². The van der Waals surface area contributed by atoms with Gasteiger partial charge in [0, 0.05) is 25.3 Å². The van der Waals surface area contributed by atoms with Gasteiger partial charge in [-0.15, -0.1) is 0 Å². The fourth-order valence-corrected chi connectivity index (χ4v) is 2.29. The third-order valence-corrected chi connectivity index (χ3v) is 3.42. The summed E-state index contributed by atoms with van der Waals surface area (Å²) in [6.45, 7) is 4.32. The number of amides is 2. The molecule has 118 valence electrons. The van der Waals surface area contributed by atoms with Crippen LogP contribution in [0.1, 0.15) is 46.0 Å². The maximum absolute atomic E-state index is 12.2. The molecule has 1 N–H and O–H groups in total. The van der Waals surface area contributed by atoms with Crippen molar-refractivity contribution in [1.82, 2.24) is 4.90 Å². The normalized spacial score (nSPS) is 19.1. The van der Waals surface area contributed by atoms with Gasteiger partial charge in [0.05, 0.1) is 6.61 Å². The molecule has 0 aromatic heterocycles. The van der Waals surface area contributed by atoms with Gasteiger partial charge in [-0.2, -0.15) is 0 Å². The minimum Gasteiger partial charge on any atom is -0.481 e. The van der Waals surface area contributed by atoms with Crippen LogP contribution in [0.3, 0.4) is 0 Å². The predicted octanol–water partition coefficient (Wildman–Crippen LogP) is 2.58. The molecule has 1 heterocycles. The van der Waals surface area contributed by atoms with E-state index in [1.165, 1.54) is 4.90 Å². The van der Waals surface area contributed by atoms with E-state index in [2.05, 4.69) is 0 Å². The third kappa shape index (κ3) is 5.57. The lowest BCUT2D eigenvalue weighted by Gasteiger charge is -2.35. The fourth-order valence-electron chi connectivity index (χ4n) is 2.29. The molecule has 1 aliphatic heterocycles. The van der Waals surface area contributed by atoms with Crippen molar-refractivity contribution in [3.63, 3.8) is 0 Å². The molecular weight excluding hydrogens is 274 g/mol. The Kier molecular flexibility index (Phi) is 6.91. The molecule has 6 nitrogen and oxygen atoms in total. The SMILES string of the molecule is CC(C)[C@@H]1CCOC(=O)N1C(=O)CC/C=C\CCC(=O)O.